The van der Waals surface area contributed by atoms with E-state index < -0.39 is 61.2 Å². The van der Waals surface area contributed by atoms with Gasteiger partial charge in [0.15, 0.2) is 0 Å². The van der Waals surface area contributed by atoms with Crippen LogP contribution in [-0.4, -0.2) is 54.4 Å². The molecule has 0 aromatic heterocycles. The van der Waals surface area contributed by atoms with Gasteiger partial charge in [0.25, 0.3) is 0 Å². The van der Waals surface area contributed by atoms with E-state index >= 15 is 0 Å². The van der Waals surface area contributed by atoms with E-state index in [0.717, 1.165) is 12.8 Å². The van der Waals surface area contributed by atoms with Crippen LogP contribution in [0.2, 0.25) is 0 Å². The van der Waals surface area contributed by atoms with Crippen molar-refractivity contribution in [3.05, 3.63) is 66.8 Å². The molecule has 0 saturated heterocycles. The third-order valence-electron chi connectivity index (χ3n) is 7.80. The molecule has 0 radical (unpaired) electrons. The molecule has 0 amide bonds. The first-order valence-corrected chi connectivity index (χ1v) is 15.2. The Morgan fingerprint density at radius 1 is 0.640 bits per heavy atom. The number of allylic oxidation sites excluding steroid dienone is 4. The van der Waals surface area contributed by atoms with E-state index in [9.17, 15) is 65.9 Å². The fourth-order valence-corrected chi connectivity index (χ4v) is 4.07. The summed E-state index contributed by atoms with van der Waals surface area (Å²) in [7, 11) is 0. The normalized spacial score (nSPS) is 16.9. The number of hydrogen-bond donors (Lipinski definition) is 0. The zero-order valence-electron chi connectivity index (χ0n) is 27.4. The lowest BCUT2D eigenvalue weighted by Gasteiger charge is -2.41. The first-order chi connectivity index (χ1) is 22.6. The molecule has 50 heavy (non-hydrogen) atoms. The zero-order valence-corrected chi connectivity index (χ0v) is 27.4. The van der Waals surface area contributed by atoms with Crippen molar-refractivity contribution in [2.45, 2.75) is 108 Å². The van der Waals surface area contributed by atoms with E-state index in [-0.39, 0.29) is 24.4 Å². The highest BCUT2D eigenvalue weighted by atomic mass is 19.4. The van der Waals surface area contributed by atoms with Gasteiger partial charge in [-0.25, -0.2) is 0 Å². The molecular weight excluding hydrogens is 713 g/mol. The van der Waals surface area contributed by atoms with E-state index in [4.69, 9.17) is 9.47 Å². The Hall–Kier alpha value is -2.85. The van der Waals surface area contributed by atoms with Crippen LogP contribution in [0.5, 0.6) is 5.75 Å². The van der Waals surface area contributed by atoms with E-state index in [1.54, 1.807) is 0 Å². The topological polar surface area (TPSA) is 18.5 Å². The first kappa shape index (κ1) is 45.2. The van der Waals surface area contributed by atoms with Crippen molar-refractivity contribution >= 4 is 0 Å². The second-order valence-corrected chi connectivity index (χ2v) is 12.1. The number of rotatable bonds is 21. The molecule has 0 spiro atoms. The molecular formula is C33H39F15O2. The molecule has 0 aliphatic rings. The monoisotopic (exact) mass is 752 g/mol. The van der Waals surface area contributed by atoms with Gasteiger partial charge in [-0.05, 0) is 61.6 Å². The van der Waals surface area contributed by atoms with Crippen molar-refractivity contribution < 1.29 is 75.3 Å². The first-order valence-electron chi connectivity index (χ1n) is 15.2. The Kier molecular flexibility index (Phi) is 15.5. The molecule has 1 aromatic carbocycles. The van der Waals surface area contributed by atoms with Crippen LogP contribution in [0.1, 0.15) is 58.9 Å². The Bertz CT molecular complexity index is 1250. The molecule has 4 atom stereocenters. The maximum atomic E-state index is 14.0. The summed E-state index contributed by atoms with van der Waals surface area (Å²) in [5, 5.41) is 0. The van der Waals surface area contributed by atoms with Crippen molar-refractivity contribution in [1.82, 2.24) is 0 Å². The highest BCUT2D eigenvalue weighted by Gasteiger charge is 2.93. The van der Waals surface area contributed by atoms with Gasteiger partial charge in [-0.3, -0.25) is 0 Å². The standard InChI is InChI=1S/C33H39F15O2/c1-6-21(2)10-7-11-22(3)12-8-13-23(4)24(5)50-20-25-14-16-26(17-15-25)49-19-9-18-27(34,35)28(36,37)29(38,39)30(40,41)31(42,43)32(44,45)33(46,47)48/h6-8,11,13-17,21-24H,1,9-10,12,18-20H2,2-5H3/b11-7+,13-8+/t21-,22-,23+,24-/m0/s1. The van der Waals surface area contributed by atoms with Crippen LogP contribution in [0.3, 0.4) is 0 Å². The Morgan fingerprint density at radius 3 is 1.64 bits per heavy atom. The molecule has 0 unspecified atom stereocenters. The molecule has 0 N–H and O–H groups in total. The minimum atomic E-state index is -8.29. The Labute approximate surface area is 280 Å². The van der Waals surface area contributed by atoms with Gasteiger partial charge in [-0.1, -0.05) is 63.3 Å². The molecule has 288 valence electrons. The molecule has 0 bridgehead atoms. The van der Waals surface area contributed by atoms with Gasteiger partial charge in [0.1, 0.15) is 5.75 Å². The van der Waals surface area contributed by atoms with Crippen LogP contribution in [0.4, 0.5) is 65.9 Å². The highest BCUT2D eigenvalue weighted by Crippen LogP contribution is 2.62. The number of ether oxygens (including phenoxy) is 2. The number of alkyl halides is 15. The summed E-state index contributed by atoms with van der Waals surface area (Å²) in [5.74, 6) is -45.7. The predicted molar refractivity (Wildman–Crippen MR) is 156 cm³/mol. The summed E-state index contributed by atoms with van der Waals surface area (Å²) in [6, 6.07) is 5.54. The average Bonchev–Trinajstić information content (AvgIpc) is 3.01. The fourth-order valence-electron chi connectivity index (χ4n) is 4.07. The van der Waals surface area contributed by atoms with E-state index in [1.807, 2.05) is 26.0 Å². The van der Waals surface area contributed by atoms with Crippen LogP contribution in [0.15, 0.2) is 61.2 Å². The second-order valence-electron chi connectivity index (χ2n) is 12.1. The molecule has 0 fully saturated rings. The van der Waals surface area contributed by atoms with Gasteiger partial charge in [0, 0.05) is 6.42 Å². The van der Waals surface area contributed by atoms with Gasteiger partial charge in [-0.2, -0.15) is 65.9 Å². The molecule has 1 aromatic rings. The fraction of sp³-hybridized carbons (Fsp3) is 0.636. The lowest BCUT2D eigenvalue weighted by molar-refractivity contribution is -0.452. The van der Waals surface area contributed by atoms with Crippen LogP contribution in [-0.2, 0) is 11.3 Å². The smallest absolute Gasteiger partial charge is 0.460 e. The van der Waals surface area contributed by atoms with Gasteiger partial charge in [-0.15, -0.1) is 6.58 Å². The summed E-state index contributed by atoms with van der Waals surface area (Å²) in [6.07, 6.45) is 0.371. The van der Waals surface area contributed by atoms with E-state index in [0.29, 0.717) is 17.4 Å². The summed E-state index contributed by atoms with van der Waals surface area (Å²) < 4.78 is 211. The van der Waals surface area contributed by atoms with Crippen LogP contribution >= 0.6 is 0 Å². The van der Waals surface area contributed by atoms with Gasteiger partial charge in [0.05, 0.1) is 19.3 Å². The van der Waals surface area contributed by atoms with E-state index in [1.165, 1.54) is 24.3 Å². The third-order valence-corrected chi connectivity index (χ3v) is 7.80. The van der Waals surface area contributed by atoms with Crippen molar-refractivity contribution in [2.24, 2.45) is 17.8 Å². The summed E-state index contributed by atoms with van der Waals surface area (Å²) in [4.78, 5) is 0. The molecule has 0 heterocycles. The summed E-state index contributed by atoms with van der Waals surface area (Å²) >= 11 is 0. The van der Waals surface area contributed by atoms with Crippen molar-refractivity contribution in [1.29, 1.82) is 0 Å². The number of benzene rings is 1. The van der Waals surface area contributed by atoms with Crippen molar-refractivity contribution in [3.63, 3.8) is 0 Å². The predicted octanol–water partition coefficient (Wildman–Crippen LogP) is 12.1. The lowest BCUT2D eigenvalue weighted by Crippen LogP contribution is -2.72. The molecule has 0 aliphatic heterocycles. The SMILES string of the molecule is C=C[C@H](C)C/C=C/[C@H](C)C/C=C/[C@@H](C)[C@H](C)OCc1ccc(OCCCC(F)(F)C(F)(F)C(F)(F)C(F)(F)C(F)(F)C(F)(F)C(F)(F)F)cc1. The molecule has 2 nitrogen and oxygen atoms in total. The summed E-state index contributed by atoms with van der Waals surface area (Å²) in [6.45, 7) is 10.9. The minimum Gasteiger partial charge on any atom is -0.494 e. The maximum absolute atomic E-state index is 14.0. The number of hydrogen-bond acceptors (Lipinski definition) is 2. The molecule has 0 aliphatic carbocycles. The second kappa shape index (κ2) is 17.1. The third kappa shape index (κ3) is 10.4. The molecule has 17 heteroatoms. The van der Waals surface area contributed by atoms with Crippen molar-refractivity contribution in [3.8, 4) is 5.75 Å². The van der Waals surface area contributed by atoms with Crippen LogP contribution in [0, 0.1) is 17.8 Å². The molecule has 0 saturated carbocycles. The van der Waals surface area contributed by atoms with Gasteiger partial charge in [0.2, 0.25) is 0 Å². The van der Waals surface area contributed by atoms with Crippen LogP contribution in [0.25, 0.3) is 0 Å². The highest BCUT2D eigenvalue weighted by molar-refractivity contribution is 5.27. The maximum Gasteiger partial charge on any atom is 0.460 e. The molecule has 1 rings (SSSR count). The zero-order chi connectivity index (χ0) is 39.0. The average molecular weight is 753 g/mol. The van der Waals surface area contributed by atoms with Crippen molar-refractivity contribution in [2.75, 3.05) is 6.61 Å². The van der Waals surface area contributed by atoms with Gasteiger partial charge < -0.3 is 9.47 Å². The Balaban J connectivity index is 2.71. The minimum absolute atomic E-state index is 0.0450. The largest absolute Gasteiger partial charge is 0.494 e. The van der Waals surface area contributed by atoms with Crippen LogP contribution < -0.4 is 4.74 Å². The quantitative estimate of drug-likeness (QED) is 0.0707. The number of halogens is 15. The summed E-state index contributed by atoms with van der Waals surface area (Å²) in [5.41, 5.74) is 0.620. The lowest BCUT2D eigenvalue weighted by atomic mass is 9.90. The Morgan fingerprint density at radius 2 is 1.12 bits per heavy atom. The van der Waals surface area contributed by atoms with E-state index in [2.05, 4.69) is 38.7 Å². The van der Waals surface area contributed by atoms with Gasteiger partial charge >= 0.3 is 41.7 Å².